The lowest BCUT2D eigenvalue weighted by Crippen LogP contribution is -2.15. The summed E-state index contributed by atoms with van der Waals surface area (Å²) in [4.78, 5) is 0. The van der Waals surface area contributed by atoms with E-state index in [0.29, 0.717) is 13.2 Å². The highest BCUT2D eigenvalue weighted by molar-refractivity contribution is 5.20. The standard InChI is InChI=1S/C13H21NO2/c1-12(14)6-5-9-15-10-11-16-13-7-3-2-4-8-13/h2-4,7-8,12H,5-6,9-11,14H2,1H3. The van der Waals surface area contributed by atoms with Gasteiger partial charge in [0.25, 0.3) is 0 Å². The highest BCUT2D eigenvalue weighted by Crippen LogP contribution is 2.07. The fourth-order valence-corrected chi connectivity index (χ4v) is 1.34. The van der Waals surface area contributed by atoms with Crippen LogP contribution < -0.4 is 10.5 Å². The van der Waals surface area contributed by atoms with Crippen LogP contribution in [0.4, 0.5) is 0 Å². The predicted molar refractivity (Wildman–Crippen MR) is 65.6 cm³/mol. The lowest BCUT2D eigenvalue weighted by atomic mass is 10.2. The predicted octanol–water partition coefficient (Wildman–Crippen LogP) is 2.21. The van der Waals surface area contributed by atoms with Crippen molar-refractivity contribution in [1.29, 1.82) is 0 Å². The lowest BCUT2D eigenvalue weighted by Gasteiger charge is -2.07. The summed E-state index contributed by atoms with van der Waals surface area (Å²) in [7, 11) is 0. The third-order valence-electron chi connectivity index (χ3n) is 2.19. The van der Waals surface area contributed by atoms with Crippen molar-refractivity contribution in [2.75, 3.05) is 19.8 Å². The van der Waals surface area contributed by atoms with Gasteiger partial charge in [-0.15, -0.1) is 0 Å². The van der Waals surface area contributed by atoms with Gasteiger partial charge in [-0.3, -0.25) is 0 Å². The molecule has 16 heavy (non-hydrogen) atoms. The van der Waals surface area contributed by atoms with Gasteiger partial charge >= 0.3 is 0 Å². The molecule has 1 unspecified atom stereocenters. The maximum absolute atomic E-state index is 5.63. The molecule has 1 atom stereocenters. The van der Waals surface area contributed by atoms with Crippen LogP contribution in [-0.2, 0) is 4.74 Å². The van der Waals surface area contributed by atoms with E-state index in [4.69, 9.17) is 15.2 Å². The molecule has 3 nitrogen and oxygen atoms in total. The van der Waals surface area contributed by atoms with Crippen LogP contribution in [0.3, 0.4) is 0 Å². The van der Waals surface area contributed by atoms with E-state index in [0.717, 1.165) is 25.2 Å². The van der Waals surface area contributed by atoms with Gasteiger partial charge in [-0.1, -0.05) is 18.2 Å². The molecule has 0 bridgehead atoms. The van der Waals surface area contributed by atoms with Crippen LogP contribution in [-0.4, -0.2) is 25.9 Å². The first-order chi connectivity index (χ1) is 7.79. The minimum Gasteiger partial charge on any atom is -0.491 e. The van der Waals surface area contributed by atoms with Gasteiger partial charge in [0.15, 0.2) is 0 Å². The second-order valence-corrected chi connectivity index (χ2v) is 3.89. The molecule has 3 heteroatoms. The quantitative estimate of drug-likeness (QED) is 0.687. The Hall–Kier alpha value is -1.06. The number of hydrogen-bond acceptors (Lipinski definition) is 3. The molecule has 1 rings (SSSR count). The molecule has 90 valence electrons. The summed E-state index contributed by atoms with van der Waals surface area (Å²) >= 11 is 0. The molecule has 0 aliphatic heterocycles. The maximum atomic E-state index is 5.63. The number of rotatable bonds is 8. The topological polar surface area (TPSA) is 44.5 Å². The lowest BCUT2D eigenvalue weighted by molar-refractivity contribution is 0.0967. The molecule has 0 saturated carbocycles. The van der Waals surface area contributed by atoms with Crippen molar-refractivity contribution in [3.8, 4) is 5.75 Å². The minimum absolute atomic E-state index is 0.268. The molecule has 0 amide bonds. The first kappa shape index (κ1) is 13.0. The Morgan fingerprint density at radius 2 is 1.88 bits per heavy atom. The minimum atomic E-state index is 0.268. The van der Waals surface area contributed by atoms with Crippen molar-refractivity contribution in [3.63, 3.8) is 0 Å². The van der Waals surface area contributed by atoms with Gasteiger partial charge in [-0.05, 0) is 31.9 Å². The Kier molecular flexibility index (Phi) is 6.61. The van der Waals surface area contributed by atoms with Crippen molar-refractivity contribution in [2.24, 2.45) is 5.73 Å². The zero-order valence-corrected chi connectivity index (χ0v) is 9.89. The van der Waals surface area contributed by atoms with Gasteiger partial charge in [0.1, 0.15) is 12.4 Å². The average molecular weight is 223 g/mol. The van der Waals surface area contributed by atoms with Crippen LogP contribution in [0.15, 0.2) is 30.3 Å². The van der Waals surface area contributed by atoms with Crippen molar-refractivity contribution < 1.29 is 9.47 Å². The summed E-state index contributed by atoms with van der Waals surface area (Å²) in [6.45, 7) is 4.01. The maximum Gasteiger partial charge on any atom is 0.119 e. The van der Waals surface area contributed by atoms with Gasteiger partial charge < -0.3 is 15.2 Å². The first-order valence-electron chi connectivity index (χ1n) is 5.80. The van der Waals surface area contributed by atoms with Crippen LogP contribution in [0.5, 0.6) is 5.75 Å². The molecule has 0 aliphatic rings. The second-order valence-electron chi connectivity index (χ2n) is 3.89. The molecule has 0 fully saturated rings. The third kappa shape index (κ3) is 6.43. The molecule has 1 aromatic rings. The monoisotopic (exact) mass is 223 g/mol. The van der Waals surface area contributed by atoms with Crippen LogP contribution >= 0.6 is 0 Å². The zero-order chi connectivity index (χ0) is 11.6. The Labute approximate surface area is 97.6 Å². The average Bonchev–Trinajstić information content (AvgIpc) is 2.29. The highest BCUT2D eigenvalue weighted by Gasteiger charge is 1.95. The molecule has 0 aromatic heterocycles. The van der Waals surface area contributed by atoms with E-state index in [2.05, 4.69) is 0 Å². The Balaban J connectivity index is 1.93. The summed E-state index contributed by atoms with van der Waals surface area (Å²) in [6, 6.07) is 10.0. The molecule has 0 saturated heterocycles. The molecule has 0 spiro atoms. The third-order valence-corrected chi connectivity index (χ3v) is 2.19. The van der Waals surface area contributed by atoms with Crippen molar-refractivity contribution in [2.45, 2.75) is 25.8 Å². The van der Waals surface area contributed by atoms with Crippen molar-refractivity contribution in [3.05, 3.63) is 30.3 Å². The molecule has 0 aliphatic carbocycles. The number of hydrogen-bond donors (Lipinski definition) is 1. The number of para-hydroxylation sites is 1. The van der Waals surface area contributed by atoms with E-state index >= 15 is 0 Å². The Morgan fingerprint density at radius 3 is 2.56 bits per heavy atom. The summed E-state index contributed by atoms with van der Waals surface area (Å²) in [5, 5.41) is 0. The molecular weight excluding hydrogens is 202 g/mol. The summed E-state index contributed by atoms with van der Waals surface area (Å²) in [5.41, 5.74) is 5.63. The van der Waals surface area contributed by atoms with Gasteiger partial charge in [-0.2, -0.15) is 0 Å². The van der Waals surface area contributed by atoms with E-state index in [-0.39, 0.29) is 6.04 Å². The summed E-state index contributed by atoms with van der Waals surface area (Å²) < 4.78 is 10.9. The molecule has 0 heterocycles. The normalized spacial score (nSPS) is 12.4. The van der Waals surface area contributed by atoms with Crippen LogP contribution in [0, 0.1) is 0 Å². The van der Waals surface area contributed by atoms with Gasteiger partial charge in [-0.25, -0.2) is 0 Å². The van der Waals surface area contributed by atoms with E-state index in [1.165, 1.54) is 0 Å². The molecule has 2 N–H and O–H groups in total. The van der Waals surface area contributed by atoms with Crippen molar-refractivity contribution >= 4 is 0 Å². The van der Waals surface area contributed by atoms with Crippen LogP contribution in [0.1, 0.15) is 19.8 Å². The van der Waals surface area contributed by atoms with Gasteiger partial charge in [0.2, 0.25) is 0 Å². The van der Waals surface area contributed by atoms with E-state index in [9.17, 15) is 0 Å². The van der Waals surface area contributed by atoms with E-state index < -0.39 is 0 Å². The van der Waals surface area contributed by atoms with Gasteiger partial charge in [0.05, 0.1) is 6.61 Å². The number of nitrogens with two attached hydrogens (primary N) is 1. The van der Waals surface area contributed by atoms with E-state index in [1.54, 1.807) is 0 Å². The Bertz CT molecular complexity index is 262. The molecule has 1 aromatic carbocycles. The highest BCUT2D eigenvalue weighted by atomic mass is 16.5. The largest absolute Gasteiger partial charge is 0.491 e. The Morgan fingerprint density at radius 1 is 1.12 bits per heavy atom. The fourth-order valence-electron chi connectivity index (χ4n) is 1.34. The number of ether oxygens (including phenoxy) is 2. The summed E-state index contributed by atoms with van der Waals surface area (Å²) in [6.07, 6.45) is 2.03. The molecule has 0 radical (unpaired) electrons. The SMILES string of the molecule is CC(N)CCCOCCOc1ccccc1. The zero-order valence-electron chi connectivity index (χ0n) is 9.89. The number of benzene rings is 1. The second kappa shape index (κ2) is 8.13. The van der Waals surface area contributed by atoms with Crippen LogP contribution in [0.2, 0.25) is 0 Å². The van der Waals surface area contributed by atoms with Crippen LogP contribution in [0.25, 0.3) is 0 Å². The van der Waals surface area contributed by atoms with Gasteiger partial charge in [0, 0.05) is 12.6 Å². The van der Waals surface area contributed by atoms with E-state index in [1.807, 2.05) is 37.3 Å². The smallest absolute Gasteiger partial charge is 0.119 e. The fraction of sp³-hybridized carbons (Fsp3) is 0.538. The van der Waals surface area contributed by atoms with Crippen molar-refractivity contribution in [1.82, 2.24) is 0 Å². The first-order valence-corrected chi connectivity index (χ1v) is 5.80. The molecular formula is C13H21NO2. The summed E-state index contributed by atoms with van der Waals surface area (Å²) in [5.74, 6) is 0.890.